The van der Waals surface area contributed by atoms with E-state index in [1.807, 2.05) is 12.1 Å². The summed E-state index contributed by atoms with van der Waals surface area (Å²) in [6.45, 7) is 2.20. The highest BCUT2D eigenvalue weighted by Gasteiger charge is 2.25. The van der Waals surface area contributed by atoms with Crippen molar-refractivity contribution in [2.75, 3.05) is 38.2 Å². The molecule has 6 nitrogen and oxygen atoms in total. The summed E-state index contributed by atoms with van der Waals surface area (Å²) in [7, 11) is 1.50. The van der Waals surface area contributed by atoms with Crippen LogP contribution in [-0.4, -0.2) is 44.1 Å². The van der Waals surface area contributed by atoms with Gasteiger partial charge in [-0.25, -0.2) is 4.79 Å². The average Bonchev–Trinajstić information content (AvgIpc) is 2.74. The maximum absolute atomic E-state index is 12.9. The quantitative estimate of drug-likeness (QED) is 0.583. The summed E-state index contributed by atoms with van der Waals surface area (Å²) in [5.41, 5.74) is 0.637. The smallest absolute Gasteiger partial charge is 0.349 e. The number of piperazine rings is 1. The van der Waals surface area contributed by atoms with E-state index in [0.717, 1.165) is 5.69 Å². The third-order valence-electron chi connectivity index (χ3n) is 5.01. The number of para-hydroxylation sites is 1. The first-order chi connectivity index (χ1) is 14.0. The molecule has 29 heavy (non-hydrogen) atoms. The lowest BCUT2D eigenvalue weighted by Gasteiger charge is -2.36. The molecule has 0 atom stereocenters. The Bertz CT molecular complexity index is 1140. The van der Waals surface area contributed by atoms with Crippen molar-refractivity contribution in [1.82, 2.24) is 4.90 Å². The van der Waals surface area contributed by atoms with Gasteiger partial charge in [-0.1, -0.05) is 35.3 Å². The molecular formula is C21H18Cl2N2O4. The van der Waals surface area contributed by atoms with E-state index in [2.05, 4.69) is 4.90 Å². The molecule has 1 aliphatic rings. The summed E-state index contributed by atoms with van der Waals surface area (Å²) in [4.78, 5) is 29.2. The fraction of sp³-hybridized carbons (Fsp3) is 0.238. The fourth-order valence-corrected chi connectivity index (χ4v) is 3.74. The van der Waals surface area contributed by atoms with Crippen LogP contribution in [0.15, 0.2) is 51.7 Å². The molecule has 0 N–H and O–H groups in total. The molecule has 3 aromatic rings. The van der Waals surface area contributed by atoms with E-state index in [-0.39, 0.29) is 11.5 Å². The lowest BCUT2D eigenvalue weighted by Crippen LogP contribution is -2.49. The number of carbonyl (C=O) groups is 1. The molecule has 1 saturated heterocycles. The second kappa shape index (κ2) is 7.97. The molecule has 1 fully saturated rings. The van der Waals surface area contributed by atoms with Crippen molar-refractivity contribution in [3.05, 3.63) is 68.5 Å². The number of hydrogen-bond acceptors (Lipinski definition) is 5. The van der Waals surface area contributed by atoms with Crippen LogP contribution in [0.5, 0.6) is 5.75 Å². The van der Waals surface area contributed by atoms with Gasteiger partial charge in [0.05, 0.1) is 17.2 Å². The van der Waals surface area contributed by atoms with Gasteiger partial charge in [-0.15, -0.1) is 0 Å². The molecule has 8 heteroatoms. The number of nitrogens with zero attached hydrogens (tertiary/aromatic N) is 2. The molecule has 1 aromatic heterocycles. The highest BCUT2D eigenvalue weighted by molar-refractivity contribution is 6.42. The van der Waals surface area contributed by atoms with Gasteiger partial charge in [0.25, 0.3) is 5.91 Å². The summed E-state index contributed by atoms with van der Waals surface area (Å²) in [6, 6.07) is 12.3. The number of amides is 1. The maximum Gasteiger partial charge on any atom is 0.349 e. The molecule has 4 rings (SSSR count). The Morgan fingerprint density at radius 3 is 2.48 bits per heavy atom. The van der Waals surface area contributed by atoms with Crippen LogP contribution in [0.2, 0.25) is 10.0 Å². The van der Waals surface area contributed by atoms with Crippen LogP contribution in [0.25, 0.3) is 11.0 Å². The summed E-state index contributed by atoms with van der Waals surface area (Å²) in [6.07, 6.45) is 0. The van der Waals surface area contributed by atoms with Gasteiger partial charge in [0.15, 0.2) is 11.3 Å². The highest BCUT2D eigenvalue weighted by atomic mass is 35.5. The maximum atomic E-state index is 12.9. The van der Waals surface area contributed by atoms with Crippen LogP contribution in [0.4, 0.5) is 5.69 Å². The standard InChI is InChI=1S/C21H18Cl2N2O4/c1-28-18-4-2-3-13-11-15(21(27)29-19(13)18)20(26)25-9-7-24(8-10-25)14-5-6-16(22)17(23)12-14/h2-6,11-12H,7-10H2,1H3. The van der Waals surface area contributed by atoms with Crippen molar-refractivity contribution in [3.63, 3.8) is 0 Å². The SMILES string of the molecule is COc1cccc2cc(C(=O)N3CCN(c4ccc(Cl)c(Cl)c4)CC3)c(=O)oc12. The summed E-state index contributed by atoms with van der Waals surface area (Å²) >= 11 is 12.1. The van der Waals surface area contributed by atoms with Gasteiger partial charge in [-0.05, 0) is 30.3 Å². The Balaban J connectivity index is 1.53. The Labute approximate surface area is 177 Å². The summed E-state index contributed by atoms with van der Waals surface area (Å²) in [5.74, 6) is 0.117. The summed E-state index contributed by atoms with van der Waals surface area (Å²) < 4.78 is 10.6. The van der Waals surface area contributed by atoms with E-state index in [1.165, 1.54) is 7.11 Å². The monoisotopic (exact) mass is 432 g/mol. The Morgan fingerprint density at radius 1 is 1.03 bits per heavy atom. The molecule has 2 heterocycles. The molecule has 1 aliphatic heterocycles. The van der Waals surface area contributed by atoms with E-state index in [9.17, 15) is 9.59 Å². The fourth-order valence-electron chi connectivity index (χ4n) is 3.45. The van der Waals surface area contributed by atoms with Gasteiger partial charge in [0.2, 0.25) is 0 Å². The van der Waals surface area contributed by atoms with Crippen LogP contribution >= 0.6 is 23.2 Å². The number of anilines is 1. The molecule has 0 saturated carbocycles. The average molecular weight is 433 g/mol. The number of halogens is 2. The van der Waals surface area contributed by atoms with E-state index >= 15 is 0 Å². The number of benzene rings is 2. The van der Waals surface area contributed by atoms with Crippen molar-refractivity contribution in [3.8, 4) is 5.75 Å². The zero-order valence-corrected chi connectivity index (χ0v) is 17.2. The van der Waals surface area contributed by atoms with Crippen LogP contribution in [0.1, 0.15) is 10.4 Å². The molecular weight excluding hydrogens is 415 g/mol. The lowest BCUT2D eigenvalue weighted by molar-refractivity contribution is 0.0742. The van der Waals surface area contributed by atoms with Gasteiger partial charge >= 0.3 is 5.63 Å². The number of hydrogen-bond donors (Lipinski definition) is 0. The van der Waals surface area contributed by atoms with Gasteiger partial charge < -0.3 is 19.0 Å². The van der Waals surface area contributed by atoms with E-state index in [4.69, 9.17) is 32.4 Å². The summed E-state index contributed by atoms with van der Waals surface area (Å²) in [5, 5.41) is 1.64. The molecule has 0 unspecified atom stereocenters. The zero-order valence-electron chi connectivity index (χ0n) is 15.7. The van der Waals surface area contributed by atoms with Gasteiger partial charge in [0, 0.05) is 37.3 Å². The number of ether oxygens (including phenoxy) is 1. The van der Waals surface area contributed by atoms with Gasteiger partial charge in [0.1, 0.15) is 5.56 Å². The van der Waals surface area contributed by atoms with Crippen molar-refractivity contribution < 1.29 is 13.9 Å². The van der Waals surface area contributed by atoms with Crippen LogP contribution in [0, 0.1) is 0 Å². The zero-order chi connectivity index (χ0) is 20.5. The normalized spacial score (nSPS) is 14.3. The topological polar surface area (TPSA) is 63.0 Å². The number of carbonyl (C=O) groups excluding carboxylic acids is 1. The third-order valence-corrected chi connectivity index (χ3v) is 5.75. The first-order valence-electron chi connectivity index (χ1n) is 9.08. The van der Waals surface area contributed by atoms with E-state index in [1.54, 1.807) is 35.2 Å². The highest BCUT2D eigenvalue weighted by Crippen LogP contribution is 2.28. The first-order valence-corrected chi connectivity index (χ1v) is 9.83. The molecule has 150 valence electrons. The number of methoxy groups -OCH3 is 1. The second-order valence-corrected chi connectivity index (χ2v) is 7.52. The van der Waals surface area contributed by atoms with E-state index < -0.39 is 5.63 Å². The largest absolute Gasteiger partial charge is 0.493 e. The first kappa shape index (κ1) is 19.6. The number of rotatable bonds is 3. The van der Waals surface area contributed by atoms with Gasteiger partial charge in [-0.3, -0.25) is 4.79 Å². The van der Waals surface area contributed by atoms with Crippen molar-refractivity contribution in [2.45, 2.75) is 0 Å². The minimum Gasteiger partial charge on any atom is -0.493 e. The predicted octanol–water partition coefficient (Wildman–Crippen LogP) is 4.07. The minimum atomic E-state index is -0.668. The van der Waals surface area contributed by atoms with Crippen LogP contribution in [-0.2, 0) is 0 Å². The van der Waals surface area contributed by atoms with E-state index in [0.29, 0.717) is 52.9 Å². The molecule has 0 spiro atoms. The Kier molecular flexibility index (Phi) is 5.39. The molecule has 0 radical (unpaired) electrons. The molecule has 2 aromatic carbocycles. The minimum absolute atomic E-state index is 0.0220. The van der Waals surface area contributed by atoms with Crippen molar-refractivity contribution >= 4 is 45.8 Å². The molecule has 0 bridgehead atoms. The predicted molar refractivity (Wildman–Crippen MR) is 114 cm³/mol. The van der Waals surface area contributed by atoms with Crippen LogP contribution < -0.4 is 15.3 Å². The molecule has 0 aliphatic carbocycles. The van der Waals surface area contributed by atoms with Crippen molar-refractivity contribution in [2.24, 2.45) is 0 Å². The molecule has 1 amide bonds. The Hall–Kier alpha value is -2.70. The number of fused-ring (bicyclic) bond motifs is 1. The van der Waals surface area contributed by atoms with Crippen LogP contribution in [0.3, 0.4) is 0 Å². The van der Waals surface area contributed by atoms with Crippen molar-refractivity contribution in [1.29, 1.82) is 0 Å². The van der Waals surface area contributed by atoms with Gasteiger partial charge in [-0.2, -0.15) is 0 Å². The third kappa shape index (κ3) is 3.78. The Morgan fingerprint density at radius 2 is 1.79 bits per heavy atom. The lowest BCUT2D eigenvalue weighted by atomic mass is 10.1. The second-order valence-electron chi connectivity index (χ2n) is 6.70.